The molecule has 0 amide bonds. The molecule has 1 heterocycles. The van der Waals surface area contributed by atoms with Crippen LogP contribution in [-0.4, -0.2) is 10.2 Å². The van der Waals surface area contributed by atoms with Crippen molar-refractivity contribution in [1.29, 1.82) is 5.26 Å². The summed E-state index contributed by atoms with van der Waals surface area (Å²) in [6, 6.07) is 9.01. The number of aromatic nitrogens is 2. The molecule has 0 aliphatic carbocycles. The van der Waals surface area contributed by atoms with Gasteiger partial charge in [0.05, 0.1) is 17.3 Å². The van der Waals surface area contributed by atoms with Crippen LogP contribution in [0.15, 0.2) is 30.5 Å². The summed E-state index contributed by atoms with van der Waals surface area (Å²) >= 11 is 5.84. The molecule has 14 heavy (non-hydrogen) atoms. The molecule has 0 spiro atoms. The average Bonchev–Trinajstić information content (AvgIpc) is 2.70. The van der Waals surface area contributed by atoms with E-state index in [-0.39, 0.29) is 0 Å². The van der Waals surface area contributed by atoms with Gasteiger partial charge in [0.15, 0.2) is 0 Å². The van der Waals surface area contributed by atoms with Gasteiger partial charge in [0.2, 0.25) is 0 Å². The predicted octanol–water partition coefficient (Wildman–Crippen LogP) is 2.60. The highest BCUT2D eigenvalue weighted by Gasteiger charge is 2.06. The van der Waals surface area contributed by atoms with Crippen molar-refractivity contribution in [3.8, 4) is 17.3 Å². The zero-order chi connectivity index (χ0) is 9.97. The molecule has 2 rings (SSSR count). The summed E-state index contributed by atoms with van der Waals surface area (Å²) in [5.41, 5.74) is 2.05. The molecule has 1 aromatic heterocycles. The Hall–Kier alpha value is -1.79. The van der Waals surface area contributed by atoms with Crippen molar-refractivity contribution in [3.05, 3.63) is 41.0 Å². The highest BCUT2D eigenvalue weighted by atomic mass is 35.5. The maximum atomic E-state index is 8.88. The molecule has 0 radical (unpaired) electrons. The lowest BCUT2D eigenvalue weighted by atomic mass is 10.1. The fourth-order valence-corrected chi connectivity index (χ4v) is 1.41. The SMILES string of the molecule is N#Cc1ccc(Cl)cc1-c1cc[nH]n1. The minimum Gasteiger partial charge on any atom is -0.285 e. The van der Waals surface area contributed by atoms with Crippen LogP contribution < -0.4 is 0 Å². The van der Waals surface area contributed by atoms with Gasteiger partial charge in [-0.15, -0.1) is 0 Å². The Morgan fingerprint density at radius 2 is 2.21 bits per heavy atom. The van der Waals surface area contributed by atoms with Crippen molar-refractivity contribution in [2.45, 2.75) is 0 Å². The molecule has 0 saturated heterocycles. The maximum absolute atomic E-state index is 8.88. The summed E-state index contributed by atoms with van der Waals surface area (Å²) in [7, 11) is 0. The third-order valence-electron chi connectivity index (χ3n) is 1.88. The summed E-state index contributed by atoms with van der Waals surface area (Å²) in [5.74, 6) is 0. The normalized spacial score (nSPS) is 9.71. The van der Waals surface area contributed by atoms with Gasteiger partial charge in [-0.2, -0.15) is 10.4 Å². The summed E-state index contributed by atoms with van der Waals surface area (Å²) in [6.45, 7) is 0. The van der Waals surface area contributed by atoms with E-state index in [0.717, 1.165) is 11.3 Å². The Balaban J connectivity index is 2.63. The van der Waals surface area contributed by atoms with Crippen LogP contribution in [0.1, 0.15) is 5.56 Å². The molecule has 3 nitrogen and oxygen atoms in total. The molecule has 68 valence electrons. The first-order valence-corrected chi connectivity index (χ1v) is 4.39. The van der Waals surface area contributed by atoms with Gasteiger partial charge in [-0.25, -0.2) is 0 Å². The van der Waals surface area contributed by atoms with Crippen molar-refractivity contribution in [3.63, 3.8) is 0 Å². The molecule has 2 aromatic rings. The number of halogens is 1. The van der Waals surface area contributed by atoms with Gasteiger partial charge in [0.25, 0.3) is 0 Å². The van der Waals surface area contributed by atoms with E-state index < -0.39 is 0 Å². The first-order chi connectivity index (χ1) is 6.81. The second-order valence-corrected chi connectivity index (χ2v) is 3.20. The van der Waals surface area contributed by atoms with Crippen LogP contribution in [0.2, 0.25) is 5.02 Å². The lowest BCUT2D eigenvalue weighted by Crippen LogP contribution is -1.84. The minimum absolute atomic E-state index is 0.571. The second kappa shape index (κ2) is 3.52. The number of rotatable bonds is 1. The Kier molecular flexibility index (Phi) is 2.21. The molecule has 0 fully saturated rings. The van der Waals surface area contributed by atoms with Gasteiger partial charge in [-0.3, -0.25) is 5.10 Å². The van der Waals surface area contributed by atoms with Crippen LogP contribution >= 0.6 is 11.6 Å². The van der Waals surface area contributed by atoms with Crippen molar-refractivity contribution < 1.29 is 0 Å². The van der Waals surface area contributed by atoms with Gasteiger partial charge in [-0.1, -0.05) is 11.6 Å². The molecule has 1 N–H and O–H groups in total. The fourth-order valence-electron chi connectivity index (χ4n) is 1.24. The summed E-state index contributed by atoms with van der Waals surface area (Å²) in [5, 5.41) is 16.2. The van der Waals surface area contributed by atoms with Crippen molar-refractivity contribution in [2.24, 2.45) is 0 Å². The van der Waals surface area contributed by atoms with E-state index in [1.807, 2.05) is 0 Å². The molecule has 0 aliphatic rings. The third kappa shape index (κ3) is 1.48. The van der Waals surface area contributed by atoms with Crippen LogP contribution in [0.4, 0.5) is 0 Å². The Bertz CT molecular complexity index is 483. The quantitative estimate of drug-likeness (QED) is 0.775. The molecule has 0 bridgehead atoms. The first kappa shape index (κ1) is 8.79. The molecule has 0 saturated carbocycles. The van der Waals surface area contributed by atoms with Crippen LogP contribution in [0.5, 0.6) is 0 Å². The van der Waals surface area contributed by atoms with E-state index in [1.165, 1.54) is 0 Å². The minimum atomic E-state index is 0.571. The average molecular weight is 204 g/mol. The monoisotopic (exact) mass is 203 g/mol. The molecule has 0 aliphatic heterocycles. The number of benzene rings is 1. The highest BCUT2D eigenvalue weighted by Crippen LogP contribution is 2.24. The molecule has 4 heteroatoms. The van der Waals surface area contributed by atoms with Crippen LogP contribution in [0.25, 0.3) is 11.3 Å². The Morgan fingerprint density at radius 3 is 2.86 bits per heavy atom. The van der Waals surface area contributed by atoms with E-state index in [4.69, 9.17) is 16.9 Å². The number of nitriles is 1. The number of nitrogens with zero attached hydrogens (tertiary/aromatic N) is 2. The van der Waals surface area contributed by atoms with Gasteiger partial charge in [0.1, 0.15) is 0 Å². The van der Waals surface area contributed by atoms with Gasteiger partial charge < -0.3 is 0 Å². The smallest absolute Gasteiger partial charge is 0.0998 e. The van der Waals surface area contributed by atoms with Crippen molar-refractivity contribution in [1.82, 2.24) is 10.2 Å². The van der Waals surface area contributed by atoms with Crippen molar-refractivity contribution in [2.75, 3.05) is 0 Å². The maximum Gasteiger partial charge on any atom is 0.0998 e. The first-order valence-electron chi connectivity index (χ1n) is 4.01. The summed E-state index contributed by atoms with van der Waals surface area (Å²) in [6.07, 6.45) is 1.71. The van der Waals surface area contributed by atoms with E-state index in [2.05, 4.69) is 16.3 Å². The molecule has 0 atom stereocenters. The lowest BCUT2D eigenvalue weighted by Gasteiger charge is -1.99. The second-order valence-electron chi connectivity index (χ2n) is 2.76. The Morgan fingerprint density at radius 1 is 1.36 bits per heavy atom. The molecular weight excluding hydrogens is 198 g/mol. The molecule has 0 unspecified atom stereocenters. The number of nitrogens with one attached hydrogen (secondary N) is 1. The van der Waals surface area contributed by atoms with Crippen LogP contribution in [-0.2, 0) is 0 Å². The van der Waals surface area contributed by atoms with E-state index in [1.54, 1.807) is 30.5 Å². The number of hydrogen-bond donors (Lipinski definition) is 1. The van der Waals surface area contributed by atoms with Gasteiger partial charge in [-0.05, 0) is 24.3 Å². The lowest BCUT2D eigenvalue weighted by molar-refractivity contribution is 1.09. The van der Waals surface area contributed by atoms with Crippen LogP contribution in [0.3, 0.4) is 0 Å². The van der Waals surface area contributed by atoms with E-state index in [0.29, 0.717) is 10.6 Å². The molecular formula is C10H6ClN3. The van der Waals surface area contributed by atoms with Crippen molar-refractivity contribution >= 4 is 11.6 Å². The standard InChI is InChI=1S/C10H6ClN3/c11-8-2-1-7(6-12)9(5-8)10-3-4-13-14-10/h1-5H,(H,13,14). The highest BCUT2D eigenvalue weighted by molar-refractivity contribution is 6.30. The Labute approximate surface area is 85.9 Å². The number of hydrogen-bond acceptors (Lipinski definition) is 2. The number of aromatic amines is 1. The topological polar surface area (TPSA) is 52.5 Å². The number of H-pyrrole nitrogens is 1. The summed E-state index contributed by atoms with van der Waals surface area (Å²) < 4.78 is 0. The third-order valence-corrected chi connectivity index (χ3v) is 2.11. The fraction of sp³-hybridized carbons (Fsp3) is 0. The van der Waals surface area contributed by atoms with E-state index in [9.17, 15) is 0 Å². The van der Waals surface area contributed by atoms with Gasteiger partial charge >= 0.3 is 0 Å². The predicted molar refractivity (Wildman–Crippen MR) is 53.7 cm³/mol. The van der Waals surface area contributed by atoms with E-state index >= 15 is 0 Å². The largest absolute Gasteiger partial charge is 0.285 e. The molecule has 1 aromatic carbocycles. The summed E-state index contributed by atoms with van der Waals surface area (Å²) in [4.78, 5) is 0. The zero-order valence-electron chi connectivity index (χ0n) is 7.16. The van der Waals surface area contributed by atoms with Gasteiger partial charge in [0, 0.05) is 16.8 Å². The zero-order valence-corrected chi connectivity index (χ0v) is 7.92. The van der Waals surface area contributed by atoms with Crippen LogP contribution in [0, 0.1) is 11.3 Å².